The smallest absolute Gasteiger partial charge is 0.208 e. The van der Waals surface area contributed by atoms with Crippen LogP contribution in [0.1, 0.15) is 12.7 Å². The van der Waals surface area contributed by atoms with Gasteiger partial charge in [0.05, 0.1) is 6.42 Å². The third kappa shape index (κ3) is 2.34. The minimum absolute atomic E-state index is 0.0915. The van der Waals surface area contributed by atoms with Crippen molar-refractivity contribution in [3.05, 3.63) is 5.82 Å². The lowest BCUT2D eigenvalue weighted by molar-refractivity contribution is -0.116. The summed E-state index contributed by atoms with van der Waals surface area (Å²) in [5.74, 6) is 0.732. The number of hydrogen-bond acceptors (Lipinski definition) is 4. The minimum atomic E-state index is 0.0915. The van der Waals surface area contributed by atoms with Gasteiger partial charge in [0.25, 0.3) is 0 Å². The summed E-state index contributed by atoms with van der Waals surface area (Å²) in [6.07, 6.45) is 2.23. The van der Waals surface area contributed by atoms with Crippen molar-refractivity contribution < 1.29 is 4.79 Å². The molecule has 0 saturated carbocycles. The van der Waals surface area contributed by atoms with Crippen LogP contribution in [0.25, 0.3) is 0 Å². The molecule has 1 aromatic heterocycles. The summed E-state index contributed by atoms with van der Waals surface area (Å²) in [6, 6.07) is 0. The second-order valence-corrected chi connectivity index (χ2v) is 2.92. The van der Waals surface area contributed by atoms with Crippen molar-refractivity contribution >= 4 is 17.5 Å². The Bertz CT molecular complexity index is 258. The van der Waals surface area contributed by atoms with Crippen LogP contribution >= 0.6 is 11.8 Å². The number of carbonyl (C=O) groups is 1. The predicted octanol–water partition coefficient (Wildman–Crippen LogP) is 0.658. The maximum atomic E-state index is 10.6. The average molecular weight is 171 g/mol. The van der Waals surface area contributed by atoms with Gasteiger partial charge in [-0.05, 0) is 13.2 Å². The van der Waals surface area contributed by atoms with Crippen LogP contribution in [0.3, 0.4) is 0 Å². The lowest BCUT2D eigenvalue weighted by atomic mass is 10.3. The van der Waals surface area contributed by atoms with Crippen molar-refractivity contribution in [3.8, 4) is 0 Å². The fourth-order valence-electron chi connectivity index (χ4n) is 0.684. The first-order valence-electron chi connectivity index (χ1n) is 3.17. The fraction of sp³-hybridized carbons (Fsp3) is 0.500. The SMILES string of the molecule is CSc1n[nH]c(CC(C)=O)n1. The number of ketones is 1. The summed E-state index contributed by atoms with van der Waals surface area (Å²) < 4.78 is 0. The Labute approximate surface area is 68.8 Å². The number of Topliss-reactive ketones (excluding diaryl/α,β-unsaturated/α-hetero) is 1. The minimum Gasteiger partial charge on any atom is -0.300 e. The van der Waals surface area contributed by atoms with Gasteiger partial charge in [0.2, 0.25) is 5.16 Å². The van der Waals surface area contributed by atoms with Crippen molar-refractivity contribution in [1.29, 1.82) is 0 Å². The summed E-state index contributed by atoms with van der Waals surface area (Å²) in [4.78, 5) is 14.7. The Morgan fingerprint density at radius 3 is 2.91 bits per heavy atom. The van der Waals surface area contributed by atoms with Crippen LogP contribution in [0, 0.1) is 0 Å². The number of carbonyl (C=O) groups excluding carboxylic acids is 1. The highest BCUT2D eigenvalue weighted by atomic mass is 32.2. The summed E-state index contributed by atoms with van der Waals surface area (Å²) in [5, 5.41) is 7.23. The lowest BCUT2D eigenvalue weighted by Gasteiger charge is -1.85. The van der Waals surface area contributed by atoms with Gasteiger partial charge in [0.15, 0.2) is 0 Å². The van der Waals surface area contributed by atoms with Gasteiger partial charge in [-0.1, -0.05) is 11.8 Å². The molecule has 1 heterocycles. The molecule has 1 rings (SSSR count). The van der Waals surface area contributed by atoms with Gasteiger partial charge in [-0.2, -0.15) is 0 Å². The number of thioether (sulfide) groups is 1. The first kappa shape index (κ1) is 8.26. The number of aromatic amines is 1. The molecule has 1 N–H and O–H groups in total. The van der Waals surface area contributed by atoms with Crippen LogP contribution < -0.4 is 0 Å². The van der Waals surface area contributed by atoms with E-state index in [2.05, 4.69) is 15.2 Å². The van der Waals surface area contributed by atoms with Crippen molar-refractivity contribution in [3.63, 3.8) is 0 Å². The van der Waals surface area contributed by atoms with Gasteiger partial charge in [0.1, 0.15) is 11.6 Å². The predicted molar refractivity (Wildman–Crippen MR) is 42.5 cm³/mol. The van der Waals surface area contributed by atoms with E-state index in [-0.39, 0.29) is 5.78 Å². The summed E-state index contributed by atoms with van der Waals surface area (Å²) in [6.45, 7) is 1.53. The Kier molecular flexibility index (Phi) is 2.64. The average Bonchev–Trinajstić information content (AvgIpc) is 2.34. The van der Waals surface area contributed by atoms with Crippen molar-refractivity contribution in [1.82, 2.24) is 15.2 Å². The van der Waals surface area contributed by atoms with Crippen molar-refractivity contribution in [2.24, 2.45) is 0 Å². The van der Waals surface area contributed by atoms with E-state index in [1.807, 2.05) is 6.26 Å². The second kappa shape index (κ2) is 3.52. The molecule has 0 aliphatic carbocycles. The van der Waals surface area contributed by atoms with Crippen LogP contribution in [-0.2, 0) is 11.2 Å². The van der Waals surface area contributed by atoms with Gasteiger partial charge in [-0.15, -0.1) is 5.10 Å². The Hall–Kier alpha value is -0.840. The third-order valence-electron chi connectivity index (χ3n) is 1.11. The van der Waals surface area contributed by atoms with E-state index >= 15 is 0 Å². The highest BCUT2D eigenvalue weighted by molar-refractivity contribution is 7.98. The van der Waals surface area contributed by atoms with Crippen LogP contribution in [0.2, 0.25) is 0 Å². The Morgan fingerprint density at radius 2 is 2.45 bits per heavy atom. The largest absolute Gasteiger partial charge is 0.300 e. The molecule has 0 saturated heterocycles. The molecule has 0 bridgehead atoms. The molecule has 0 amide bonds. The van der Waals surface area contributed by atoms with Crippen molar-refractivity contribution in [2.45, 2.75) is 18.5 Å². The molecule has 11 heavy (non-hydrogen) atoms. The molecule has 4 nitrogen and oxygen atoms in total. The maximum absolute atomic E-state index is 10.6. The highest BCUT2D eigenvalue weighted by Gasteiger charge is 2.03. The van der Waals surface area contributed by atoms with E-state index in [0.717, 1.165) is 0 Å². The molecule has 0 aliphatic rings. The van der Waals surface area contributed by atoms with Crippen LogP contribution in [0.15, 0.2) is 5.16 Å². The molecule has 0 atom stereocenters. The maximum Gasteiger partial charge on any atom is 0.208 e. The van der Waals surface area contributed by atoms with Crippen LogP contribution in [0.4, 0.5) is 0 Å². The van der Waals surface area contributed by atoms with E-state index in [1.54, 1.807) is 0 Å². The molecule has 0 unspecified atom stereocenters. The van der Waals surface area contributed by atoms with Gasteiger partial charge < -0.3 is 0 Å². The molecular weight excluding hydrogens is 162 g/mol. The fourth-order valence-corrected chi connectivity index (χ4v) is 1.02. The second-order valence-electron chi connectivity index (χ2n) is 2.15. The van der Waals surface area contributed by atoms with Crippen LogP contribution in [0.5, 0.6) is 0 Å². The van der Waals surface area contributed by atoms with Gasteiger partial charge >= 0.3 is 0 Å². The molecule has 1 aromatic rings. The molecule has 5 heteroatoms. The number of hydrogen-bond donors (Lipinski definition) is 1. The molecule has 0 aliphatic heterocycles. The summed E-state index contributed by atoms with van der Waals surface area (Å²) in [5.41, 5.74) is 0. The zero-order chi connectivity index (χ0) is 8.27. The van der Waals surface area contributed by atoms with E-state index < -0.39 is 0 Å². The van der Waals surface area contributed by atoms with Crippen LogP contribution in [-0.4, -0.2) is 27.2 Å². The molecule has 0 aromatic carbocycles. The number of aromatic nitrogens is 3. The quantitative estimate of drug-likeness (QED) is 0.679. The summed E-state index contributed by atoms with van der Waals surface area (Å²) in [7, 11) is 0. The number of H-pyrrole nitrogens is 1. The topological polar surface area (TPSA) is 58.6 Å². The standard InChI is InChI=1S/C6H9N3OS/c1-4(10)3-5-7-6(11-2)9-8-5/h3H2,1-2H3,(H,7,8,9). The number of nitrogens with one attached hydrogen (secondary N) is 1. The van der Waals surface area contributed by atoms with E-state index in [1.165, 1.54) is 18.7 Å². The molecule has 0 spiro atoms. The number of rotatable bonds is 3. The van der Waals surface area contributed by atoms with E-state index in [9.17, 15) is 4.79 Å². The lowest BCUT2D eigenvalue weighted by Crippen LogP contribution is -1.97. The molecule has 0 fully saturated rings. The first-order chi connectivity index (χ1) is 5.22. The first-order valence-corrected chi connectivity index (χ1v) is 4.39. The van der Waals surface area contributed by atoms with Crippen molar-refractivity contribution in [2.75, 3.05) is 6.26 Å². The van der Waals surface area contributed by atoms with Gasteiger partial charge in [-0.25, -0.2) is 4.98 Å². The third-order valence-corrected chi connectivity index (χ3v) is 1.66. The molecule has 60 valence electrons. The zero-order valence-corrected chi connectivity index (χ0v) is 7.23. The number of nitrogens with zero attached hydrogens (tertiary/aromatic N) is 2. The highest BCUT2D eigenvalue weighted by Crippen LogP contribution is 2.06. The zero-order valence-electron chi connectivity index (χ0n) is 6.42. The monoisotopic (exact) mass is 171 g/mol. The Morgan fingerprint density at radius 1 is 1.73 bits per heavy atom. The molecular formula is C6H9N3OS. The van der Waals surface area contributed by atoms with E-state index in [0.29, 0.717) is 17.4 Å². The van der Waals surface area contributed by atoms with Gasteiger partial charge in [0, 0.05) is 0 Å². The normalized spacial score (nSPS) is 10.0. The van der Waals surface area contributed by atoms with Gasteiger partial charge in [-0.3, -0.25) is 9.89 Å². The van der Waals surface area contributed by atoms with E-state index in [4.69, 9.17) is 0 Å². The summed E-state index contributed by atoms with van der Waals surface area (Å²) >= 11 is 1.45. The molecule has 0 radical (unpaired) electrons. The Balaban J connectivity index is 2.65.